The number of benzene rings is 1. The lowest BCUT2D eigenvalue weighted by Crippen LogP contribution is -2.31. The number of rotatable bonds is 2. The molecule has 1 atom stereocenters. The molecule has 0 amide bonds. The molecule has 0 bridgehead atoms. The molecule has 3 rings (SSSR count). The first-order chi connectivity index (χ1) is 9.18. The van der Waals surface area contributed by atoms with Crippen LogP contribution in [0.4, 0.5) is 0 Å². The van der Waals surface area contributed by atoms with Crippen molar-refractivity contribution in [3.8, 4) is 6.07 Å². The Balaban J connectivity index is 2.28. The van der Waals surface area contributed by atoms with Crippen LogP contribution in [0, 0.1) is 11.3 Å². The van der Waals surface area contributed by atoms with E-state index in [1.54, 1.807) is 6.07 Å². The highest BCUT2D eigenvalue weighted by molar-refractivity contribution is 6.16. The second kappa shape index (κ2) is 4.52. The van der Waals surface area contributed by atoms with Gasteiger partial charge in [-0.1, -0.05) is 0 Å². The Kier molecular flexibility index (Phi) is 2.96. The van der Waals surface area contributed by atoms with Gasteiger partial charge in [-0.3, -0.25) is 0 Å². The van der Waals surface area contributed by atoms with Gasteiger partial charge in [0.1, 0.15) is 5.82 Å². The van der Waals surface area contributed by atoms with Crippen LogP contribution in [0.15, 0.2) is 18.2 Å². The van der Waals surface area contributed by atoms with Gasteiger partial charge in [0.15, 0.2) is 0 Å². The van der Waals surface area contributed by atoms with Crippen LogP contribution in [-0.4, -0.2) is 22.8 Å². The number of hydrogen-bond donors (Lipinski definition) is 0. The van der Waals surface area contributed by atoms with E-state index >= 15 is 0 Å². The summed E-state index contributed by atoms with van der Waals surface area (Å²) in [6.45, 7) is 3.55. The zero-order valence-electron chi connectivity index (χ0n) is 10.7. The van der Waals surface area contributed by atoms with Gasteiger partial charge < -0.3 is 9.30 Å². The van der Waals surface area contributed by atoms with Crippen molar-refractivity contribution in [3.63, 3.8) is 0 Å². The molecule has 5 heteroatoms. The number of fused-ring (bicyclic) bond motifs is 1. The molecule has 98 valence electrons. The molecule has 1 aliphatic heterocycles. The molecule has 1 aliphatic rings. The Bertz CT molecular complexity index is 665. The number of hydrogen-bond acceptors (Lipinski definition) is 3. The van der Waals surface area contributed by atoms with Crippen molar-refractivity contribution in [3.05, 3.63) is 29.6 Å². The number of nitrogens with zero attached hydrogens (tertiary/aromatic N) is 3. The zero-order chi connectivity index (χ0) is 13.5. The van der Waals surface area contributed by atoms with E-state index in [1.165, 1.54) is 0 Å². The summed E-state index contributed by atoms with van der Waals surface area (Å²) in [7, 11) is 0. The number of nitriles is 1. The van der Waals surface area contributed by atoms with Crippen molar-refractivity contribution in [2.75, 3.05) is 13.2 Å². The van der Waals surface area contributed by atoms with E-state index in [4.69, 9.17) is 21.6 Å². The van der Waals surface area contributed by atoms with E-state index in [1.807, 2.05) is 12.1 Å². The van der Waals surface area contributed by atoms with Gasteiger partial charge in [0.2, 0.25) is 0 Å². The van der Waals surface area contributed by atoms with Crippen LogP contribution in [0.1, 0.15) is 24.7 Å². The van der Waals surface area contributed by atoms with Crippen molar-refractivity contribution in [2.45, 2.75) is 24.8 Å². The summed E-state index contributed by atoms with van der Waals surface area (Å²) in [6.07, 6.45) is 0.930. The van der Waals surface area contributed by atoms with E-state index in [0.717, 1.165) is 29.9 Å². The Hall–Kier alpha value is -1.57. The quantitative estimate of drug-likeness (QED) is 0.792. The third kappa shape index (κ3) is 1.90. The van der Waals surface area contributed by atoms with Crippen LogP contribution in [0.3, 0.4) is 0 Å². The minimum atomic E-state index is -0.132. The molecular formula is C14H14ClN3O. The average molecular weight is 276 g/mol. The fourth-order valence-electron chi connectivity index (χ4n) is 2.72. The Morgan fingerprint density at radius 1 is 1.58 bits per heavy atom. The molecule has 2 heterocycles. The lowest BCUT2D eigenvalue weighted by Gasteiger charge is -2.26. The van der Waals surface area contributed by atoms with Crippen LogP contribution in [-0.2, 0) is 16.2 Å². The summed E-state index contributed by atoms with van der Waals surface area (Å²) >= 11 is 6.03. The van der Waals surface area contributed by atoms with Gasteiger partial charge in [0, 0.05) is 6.61 Å². The fraction of sp³-hybridized carbons (Fsp3) is 0.429. The first kappa shape index (κ1) is 12.5. The Morgan fingerprint density at radius 3 is 3.05 bits per heavy atom. The maximum Gasteiger partial charge on any atom is 0.125 e. The summed E-state index contributed by atoms with van der Waals surface area (Å²) in [5, 5.41) is 9.05. The second-order valence-electron chi connectivity index (χ2n) is 5.11. The fourth-order valence-corrected chi connectivity index (χ4v) is 2.90. The predicted molar refractivity (Wildman–Crippen MR) is 73.1 cm³/mol. The van der Waals surface area contributed by atoms with E-state index in [2.05, 4.69) is 22.5 Å². The predicted octanol–water partition coefficient (Wildman–Crippen LogP) is 2.78. The van der Waals surface area contributed by atoms with Gasteiger partial charge in [-0.15, -0.1) is 11.6 Å². The van der Waals surface area contributed by atoms with Crippen molar-refractivity contribution in [2.24, 2.45) is 0 Å². The number of ether oxygens (including phenoxy) is 1. The number of imidazole rings is 1. The van der Waals surface area contributed by atoms with Gasteiger partial charge in [-0.25, -0.2) is 4.98 Å². The standard InChI is InChI=1S/C14H14ClN3O/c1-14(4-5-19-9-14)18-12-6-10(8-16)2-3-11(12)17-13(18)7-15/h2-3,6H,4-5,7,9H2,1H3. The van der Waals surface area contributed by atoms with Gasteiger partial charge >= 0.3 is 0 Å². The molecule has 1 saturated heterocycles. The maximum atomic E-state index is 9.05. The normalized spacial score (nSPS) is 22.8. The second-order valence-corrected chi connectivity index (χ2v) is 5.38. The van der Waals surface area contributed by atoms with E-state index in [-0.39, 0.29) is 5.54 Å². The number of halogens is 1. The van der Waals surface area contributed by atoms with E-state index in [0.29, 0.717) is 18.1 Å². The monoisotopic (exact) mass is 275 g/mol. The molecule has 0 saturated carbocycles. The van der Waals surface area contributed by atoms with Crippen molar-refractivity contribution < 1.29 is 4.74 Å². The van der Waals surface area contributed by atoms with Crippen LogP contribution >= 0.6 is 11.6 Å². The van der Waals surface area contributed by atoms with Crippen LogP contribution in [0.25, 0.3) is 11.0 Å². The molecule has 1 unspecified atom stereocenters. The molecule has 0 radical (unpaired) electrons. The molecule has 0 aliphatic carbocycles. The molecule has 19 heavy (non-hydrogen) atoms. The largest absolute Gasteiger partial charge is 0.379 e. The summed E-state index contributed by atoms with van der Waals surface area (Å²) in [5.41, 5.74) is 2.34. The summed E-state index contributed by atoms with van der Waals surface area (Å²) in [5.74, 6) is 1.19. The molecule has 0 spiro atoms. The van der Waals surface area contributed by atoms with Crippen molar-refractivity contribution in [1.29, 1.82) is 5.26 Å². The topological polar surface area (TPSA) is 50.8 Å². The van der Waals surface area contributed by atoms with Gasteiger partial charge in [-0.05, 0) is 31.5 Å². The zero-order valence-corrected chi connectivity index (χ0v) is 11.4. The summed E-state index contributed by atoms with van der Waals surface area (Å²) in [6, 6.07) is 7.71. The van der Waals surface area contributed by atoms with Gasteiger partial charge in [0.05, 0.1) is 40.7 Å². The van der Waals surface area contributed by atoms with Crippen LogP contribution in [0.5, 0.6) is 0 Å². The first-order valence-electron chi connectivity index (χ1n) is 6.23. The highest BCUT2D eigenvalue weighted by Gasteiger charge is 2.34. The lowest BCUT2D eigenvalue weighted by atomic mass is 10.0. The summed E-state index contributed by atoms with van der Waals surface area (Å²) in [4.78, 5) is 4.56. The SMILES string of the molecule is CC1(n2c(CCl)nc3ccc(C#N)cc32)CCOC1. The van der Waals surface area contributed by atoms with Gasteiger partial charge in [0.25, 0.3) is 0 Å². The van der Waals surface area contributed by atoms with E-state index in [9.17, 15) is 0 Å². The maximum absolute atomic E-state index is 9.05. The molecule has 1 aromatic heterocycles. The molecule has 1 aromatic carbocycles. The average Bonchev–Trinajstić information content (AvgIpc) is 3.01. The smallest absolute Gasteiger partial charge is 0.125 e. The first-order valence-corrected chi connectivity index (χ1v) is 6.77. The molecule has 2 aromatic rings. The molecule has 4 nitrogen and oxygen atoms in total. The molecule has 1 fully saturated rings. The minimum absolute atomic E-state index is 0.132. The number of alkyl halides is 1. The minimum Gasteiger partial charge on any atom is -0.379 e. The molecular weight excluding hydrogens is 262 g/mol. The Labute approximate surface area is 116 Å². The van der Waals surface area contributed by atoms with Crippen LogP contribution < -0.4 is 0 Å². The van der Waals surface area contributed by atoms with Crippen molar-refractivity contribution >= 4 is 22.6 Å². The third-order valence-corrected chi connectivity index (χ3v) is 3.95. The Morgan fingerprint density at radius 2 is 2.42 bits per heavy atom. The lowest BCUT2D eigenvalue weighted by molar-refractivity contribution is 0.162. The highest BCUT2D eigenvalue weighted by atomic mass is 35.5. The van der Waals surface area contributed by atoms with Crippen molar-refractivity contribution in [1.82, 2.24) is 9.55 Å². The highest BCUT2D eigenvalue weighted by Crippen LogP contribution is 2.33. The van der Waals surface area contributed by atoms with Crippen LogP contribution in [0.2, 0.25) is 0 Å². The third-order valence-electron chi connectivity index (χ3n) is 3.71. The summed E-state index contributed by atoms with van der Waals surface area (Å²) < 4.78 is 7.67. The van der Waals surface area contributed by atoms with E-state index < -0.39 is 0 Å². The number of aromatic nitrogens is 2. The van der Waals surface area contributed by atoms with Gasteiger partial charge in [-0.2, -0.15) is 5.26 Å². The molecule has 0 N–H and O–H groups in total.